The number of rotatable bonds is 3. The molecule has 0 saturated heterocycles. The zero-order valence-electron chi connectivity index (χ0n) is 11.4. The maximum absolute atomic E-state index is 12.1. The molecule has 3 aromatic rings. The molecule has 3 rings (SSSR count). The van der Waals surface area contributed by atoms with Crippen LogP contribution in [0, 0.1) is 12.1 Å². The van der Waals surface area contributed by atoms with Gasteiger partial charge in [-0.05, 0) is 36.4 Å². The van der Waals surface area contributed by atoms with Crippen molar-refractivity contribution < 1.29 is 4.73 Å². The highest BCUT2D eigenvalue weighted by Gasteiger charge is 2.08. The summed E-state index contributed by atoms with van der Waals surface area (Å²) in [6.07, 6.45) is 3.16. The summed E-state index contributed by atoms with van der Waals surface area (Å²) in [6, 6.07) is 10.5. The van der Waals surface area contributed by atoms with Gasteiger partial charge in [-0.2, -0.15) is 4.73 Å². The third-order valence-electron chi connectivity index (χ3n) is 3.10. The molecule has 0 aromatic carbocycles. The second-order valence-corrected chi connectivity index (χ2v) is 5.62. The molecule has 0 spiro atoms. The monoisotopic (exact) mass is 299 g/mol. The number of aryl methyl sites for hydroxylation is 1. The van der Waals surface area contributed by atoms with Gasteiger partial charge in [-0.1, -0.05) is 6.07 Å². The molecule has 0 fully saturated rings. The number of hydrogen-bond donors (Lipinski definition) is 0. The second-order valence-electron chi connectivity index (χ2n) is 4.62. The van der Waals surface area contributed by atoms with E-state index in [-0.39, 0.29) is 5.56 Å². The summed E-state index contributed by atoms with van der Waals surface area (Å²) in [6.45, 7) is 1.92. The van der Waals surface area contributed by atoms with Crippen molar-refractivity contribution in [3.05, 3.63) is 75.6 Å². The average molecular weight is 299 g/mol. The van der Waals surface area contributed by atoms with E-state index in [1.165, 1.54) is 28.4 Å². The summed E-state index contributed by atoms with van der Waals surface area (Å²) in [7, 11) is 0. The second kappa shape index (κ2) is 5.57. The Morgan fingerprint density at radius 2 is 2.19 bits per heavy atom. The summed E-state index contributed by atoms with van der Waals surface area (Å²) in [4.78, 5) is 16.6. The number of aromatic nitrogens is 3. The van der Waals surface area contributed by atoms with Crippen LogP contribution in [0.2, 0.25) is 0 Å². The minimum atomic E-state index is -0.109. The fourth-order valence-corrected chi connectivity index (χ4v) is 2.86. The summed E-state index contributed by atoms with van der Waals surface area (Å²) >= 11 is 1.36. The van der Waals surface area contributed by atoms with Crippen LogP contribution in [-0.2, 0) is 5.75 Å². The molecule has 6 heteroatoms. The highest BCUT2D eigenvalue weighted by atomic mass is 32.2. The van der Waals surface area contributed by atoms with E-state index in [1.54, 1.807) is 18.3 Å². The molecule has 0 atom stereocenters. The van der Waals surface area contributed by atoms with Gasteiger partial charge in [-0.25, -0.2) is 4.98 Å². The Bertz CT molecular complexity index is 861. The third kappa shape index (κ3) is 2.75. The molecule has 3 aromatic heterocycles. The molecule has 0 aliphatic rings. The van der Waals surface area contributed by atoms with Crippen molar-refractivity contribution in [2.75, 3.05) is 0 Å². The lowest BCUT2D eigenvalue weighted by molar-refractivity contribution is -0.645. The summed E-state index contributed by atoms with van der Waals surface area (Å²) in [5, 5.41) is 12.2. The van der Waals surface area contributed by atoms with Crippen LogP contribution in [-0.4, -0.2) is 9.38 Å². The Morgan fingerprint density at radius 1 is 1.33 bits per heavy atom. The summed E-state index contributed by atoms with van der Waals surface area (Å²) < 4.78 is 2.34. The predicted molar refractivity (Wildman–Crippen MR) is 81.2 cm³/mol. The molecular weight excluding hydrogens is 286 g/mol. The van der Waals surface area contributed by atoms with Crippen LogP contribution >= 0.6 is 11.8 Å². The first-order chi connectivity index (χ1) is 10.1. The Kier molecular flexibility index (Phi) is 3.62. The van der Waals surface area contributed by atoms with E-state index in [0.29, 0.717) is 22.1 Å². The number of fused-ring (bicyclic) bond motifs is 1. The topological polar surface area (TPSA) is 61.3 Å². The molecule has 0 N–H and O–H groups in total. The lowest BCUT2D eigenvalue weighted by atomic mass is 10.3. The van der Waals surface area contributed by atoms with Gasteiger partial charge >= 0.3 is 0 Å². The third-order valence-corrected chi connectivity index (χ3v) is 4.15. The van der Waals surface area contributed by atoms with Crippen LogP contribution in [0.3, 0.4) is 0 Å². The van der Waals surface area contributed by atoms with Gasteiger partial charge in [0.15, 0.2) is 6.20 Å². The van der Waals surface area contributed by atoms with Crippen LogP contribution in [0.1, 0.15) is 11.3 Å². The van der Waals surface area contributed by atoms with E-state index in [2.05, 4.69) is 4.98 Å². The number of thioether (sulfide) groups is 1. The molecule has 0 unspecified atom stereocenters. The van der Waals surface area contributed by atoms with E-state index in [1.807, 2.05) is 25.1 Å². The van der Waals surface area contributed by atoms with Crippen molar-refractivity contribution in [1.82, 2.24) is 9.38 Å². The Morgan fingerprint density at radius 3 is 3.00 bits per heavy atom. The molecule has 0 amide bonds. The van der Waals surface area contributed by atoms with Crippen molar-refractivity contribution in [2.24, 2.45) is 0 Å². The molecular formula is C15H13N3O2S. The zero-order chi connectivity index (χ0) is 14.8. The lowest BCUT2D eigenvalue weighted by Crippen LogP contribution is -2.27. The van der Waals surface area contributed by atoms with Gasteiger partial charge in [0.2, 0.25) is 0 Å². The molecule has 0 aliphatic carbocycles. The van der Waals surface area contributed by atoms with Crippen molar-refractivity contribution in [3.8, 4) is 0 Å². The van der Waals surface area contributed by atoms with Gasteiger partial charge in [-0.15, -0.1) is 0 Å². The van der Waals surface area contributed by atoms with Crippen LogP contribution in [0.25, 0.3) is 5.65 Å². The normalized spacial score (nSPS) is 10.9. The standard InChI is InChI=1S/C15H13N3O2S/c1-11-5-4-7-17-13(19)9-12(16-15(11)17)10-21-14-6-2-3-8-18(14)20/h2-9H,10H2,1H3. The largest absolute Gasteiger partial charge is 0.618 e. The molecule has 0 radical (unpaired) electrons. The maximum atomic E-state index is 12.1. The van der Waals surface area contributed by atoms with E-state index in [4.69, 9.17) is 0 Å². The highest BCUT2D eigenvalue weighted by molar-refractivity contribution is 7.98. The van der Waals surface area contributed by atoms with E-state index >= 15 is 0 Å². The zero-order valence-corrected chi connectivity index (χ0v) is 12.2. The first-order valence-corrected chi connectivity index (χ1v) is 7.42. The van der Waals surface area contributed by atoms with Gasteiger partial charge in [-0.3, -0.25) is 9.20 Å². The average Bonchev–Trinajstić information content (AvgIpc) is 2.48. The van der Waals surface area contributed by atoms with Gasteiger partial charge in [0.05, 0.1) is 5.69 Å². The minimum Gasteiger partial charge on any atom is -0.618 e. The van der Waals surface area contributed by atoms with Crippen LogP contribution in [0.15, 0.2) is 58.6 Å². The SMILES string of the molecule is Cc1cccn2c(=O)cc(CSc3cccc[n+]3[O-])nc12. The van der Waals surface area contributed by atoms with Crippen LogP contribution in [0.5, 0.6) is 0 Å². The van der Waals surface area contributed by atoms with Crippen molar-refractivity contribution in [1.29, 1.82) is 0 Å². The van der Waals surface area contributed by atoms with E-state index in [0.717, 1.165) is 10.3 Å². The summed E-state index contributed by atoms with van der Waals surface area (Å²) in [5.41, 5.74) is 2.16. The first kappa shape index (κ1) is 13.6. The first-order valence-electron chi connectivity index (χ1n) is 6.44. The smallest absolute Gasteiger partial charge is 0.258 e. The molecule has 0 bridgehead atoms. The van der Waals surface area contributed by atoms with Gasteiger partial charge in [0.25, 0.3) is 10.6 Å². The van der Waals surface area contributed by atoms with Crippen LogP contribution in [0.4, 0.5) is 0 Å². The molecule has 0 saturated carbocycles. The summed E-state index contributed by atoms with van der Waals surface area (Å²) in [5.74, 6) is 0.478. The molecule has 21 heavy (non-hydrogen) atoms. The number of hydrogen-bond acceptors (Lipinski definition) is 4. The van der Waals surface area contributed by atoms with Gasteiger partial charge in [0.1, 0.15) is 5.65 Å². The Hall–Kier alpha value is -2.34. The fraction of sp³-hybridized carbons (Fsp3) is 0.133. The van der Waals surface area contributed by atoms with E-state index in [9.17, 15) is 10.0 Å². The quantitative estimate of drug-likeness (QED) is 0.421. The molecule has 3 heterocycles. The Labute approximate surface area is 125 Å². The van der Waals surface area contributed by atoms with Crippen molar-refractivity contribution in [3.63, 3.8) is 0 Å². The minimum absolute atomic E-state index is 0.109. The Balaban J connectivity index is 1.93. The molecule has 5 nitrogen and oxygen atoms in total. The lowest BCUT2D eigenvalue weighted by Gasteiger charge is -2.06. The van der Waals surface area contributed by atoms with Crippen molar-refractivity contribution >= 4 is 17.4 Å². The van der Waals surface area contributed by atoms with Gasteiger partial charge < -0.3 is 5.21 Å². The van der Waals surface area contributed by atoms with Crippen molar-refractivity contribution in [2.45, 2.75) is 17.7 Å². The molecule has 0 aliphatic heterocycles. The molecule has 106 valence electrons. The number of nitrogens with zero attached hydrogens (tertiary/aromatic N) is 3. The van der Waals surface area contributed by atoms with Crippen LogP contribution < -0.4 is 10.3 Å². The fourth-order valence-electron chi connectivity index (χ4n) is 2.06. The highest BCUT2D eigenvalue weighted by Crippen LogP contribution is 2.18. The predicted octanol–water partition coefficient (Wildman–Crippen LogP) is 1.93. The number of pyridine rings is 2. The van der Waals surface area contributed by atoms with E-state index < -0.39 is 0 Å². The van der Waals surface area contributed by atoms with Gasteiger partial charge in [0, 0.05) is 30.1 Å². The maximum Gasteiger partial charge on any atom is 0.258 e.